The molecule has 0 aliphatic rings. The molecule has 7 nitrogen and oxygen atoms in total. The van der Waals surface area contributed by atoms with Crippen molar-refractivity contribution in [1.29, 1.82) is 0 Å². The Kier molecular flexibility index (Phi) is 3.87. The Bertz CT molecular complexity index is 512. The molecule has 0 atom stereocenters. The van der Waals surface area contributed by atoms with Crippen LogP contribution in [0.3, 0.4) is 0 Å². The molecule has 2 aromatic rings. The zero-order chi connectivity index (χ0) is 12.8. The SMILES string of the molecule is NNC(=O)c1ccccc1OCCn1cncn1. The van der Waals surface area contributed by atoms with Gasteiger partial charge in [-0.2, -0.15) is 5.10 Å². The van der Waals surface area contributed by atoms with Gasteiger partial charge in [0.1, 0.15) is 25.0 Å². The maximum atomic E-state index is 11.5. The van der Waals surface area contributed by atoms with Gasteiger partial charge in [0.05, 0.1) is 12.1 Å². The van der Waals surface area contributed by atoms with Crippen LogP contribution in [0.15, 0.2) is 36.9 Å². The minimum absolute atomic E-state index is 0.383. The summed E-state index contributed by atoms with van der Waals surface area (Å²) in [5.74, 6) is 5.20. The van der Waals surface area contributed by atoms with Crippen LogP contribution < -0.4 is 16.0 Å². The summed E-state index contributed by atoms with van der Waals surface area (Å²) in [5.41, 5.74) is 2.48. The second kappa shape index (κ2) is 5.78. The zero-order valence-corrected chi connectivity index (χ0v) is 9.61. The molecule has 0 saturated heterocycles. The van der Waals surface area contributed by atoms with E-state index in [1.165, 1.54) is 6.33 Å². The van der Waals surface area contributed by atoms with Crippen molar-refractivity contribution in [2.24, 2.45) is 5.84 Å². The van der Waals surface area contributed by atoms with E-state index < -0.39 is 0 Å². The highest BCUT2D eigenvalue weighted by Gasteiger charge is 2.10. The molecule has 0 aliphatic heterocycles. The first-order chi connectivity index (χ1) is 8.81. The number of ether oxygens (including phenoxy) is 1. The largest absolute Gasteiger partial charge is 0.491 e. The lowest BCUT2D eigenvalue weighted by Crippen LogP contribution is -2.30. The highest BCUT2D eigenvalue weighted by molar-refractivity contribution is 5.96. The molecule has 2 rings (SSSR count). The Labute approximate surface area is 104 Å². The second-order valence-electron chi connectivity index (χ2n) is 3.48. The third kappa shape index (κ3) is 2.83. The molecule has 0 bridgehead atoms. The Morgan fingerprint density at radius 2 is 2.28 bits per heavy atom. The highest BCUT2D eigenvalue weighted by atomic mass is 16.5. The van der Waals surface area contributed by atoms with Crippen LogP contribution in [0.25, 0.3) is 0 Å². The fraction of sp³-hybridized carbons (Fsp3) is 0.182. The van der Waals surface area contributed by atoms with Crippen molar-refractivity contribution in [2.75, 3.05) is 6.61 Å². The molecule has 0 saturated carbocycles. The summed E-state index contributed by atoms with van der Waals surface area (Å²) in [6.07, 6.45) is 3.05. The van der Waals surface area contributed by atoms with Gasteiger partial charge < -0.3 is 4.74 Å². The van der Waals surface area contributed by atoms with Crippen LogP contribution in [0, 0.1) is 0 Å². The minimum atomic E-state index is -0.383. The van der Waals surface area contributed by atoms with Gasteiger partial charge in [-0.15, -0.1) is 0 Å². The van der Waals surface area contributed by atoms with Crippen molar-refractivity contribution in [3.63, 3.8) is 0 Å². The summed E-state index contributed by atoms with van der Waals surface area (Å²) < 4.78 is 7.17. The van der Waals surface area contributed by atoms with Crippen LogP contribution in [0.5, 0.6) is 5.75 Å². The number of rotatable bonds is 5. The molecule has 0 fully saturated rings. The zero-order valence-electron chi connectivity index (χ0n) is 9.61. The number of hydrogen-bond donors (Lipinski definition) is 2. The standard InChI is InChI=1S/C11H13N5O2/c12-15-11(17)9-3-1-2-4-10(9)18-6-5-16-8-13-7-14-16/h1-4,7-8H,5-6,12H2,(H,15,17). The van der Waals surface area contributed by atoms with Crippen molar-refractivity contribution in [3.05, 3.63) is 42.5 Å². The molecule has 0 spiro atoms. The van der Waals surface area contributed by atoms with E-state index in [2.05, 4.69) is 15.5 Å². The monoisotopic (exact) mass is 247 g/mol. The average Bonchev–Trinajstić information content (AvgIpc) is 2.92. The number of aromatic nitrogens is 3. The fourth-order valence-corrected chi connectivity index (χ4v) is 1.46. The summed E-state index contributed by atoms with van der Waals surface area (Å²) >= 11 is 0. The van der Waals surface area contributed by atoms with Crippen molar-refractivity contribution in [2.45, 2.75) is 6.54 Å². The van der Waals surface area contributed by atoms with Gasteiger partial charge in [-0.05, 0) is 12.1 Å². The van der Waals surface area contributed by atoms with Gasteiger partial charge in [-0.25, -0.2) is 15.5 Å². The fourth-order valence-electron chi connectivity index (χ4n) is 1.46. The Morgan fingerprint density at radius 3 is 3.00 bits per heavy atom. The first kappa shape index (κ1) is 12.1. The second-order valence-corrected chi connectivity index (χ2v) is 3.48. The summed E-state index contributed by atoms with van der Waals surface area (Å²) in [5, 5.41) is 3.95. The van der Waals surface area contributed by atoms with E-state index in [-0.39, 0.29) is 5.91 Å². The molecule has 0 unspecified atom stereocenters. The quantitative estimate of drug-likeness (QED) is 0.439. The third-order valence-electron chi connectivity index (χ3n) is 2.31. The number of carbonyl (C=O) groups is 1. The predicted octanol–water partition coefficient (Wildman–Crippen LogP) is -0.0394. The van der Waals surface area contributed by atoms with Crippen LogP contribution in [0.2, 0.25) is 0 Å². The van der Waals surface area contributed by atoms with E-state index in [9.17, 15) is 4.79 Å². The van der Waals surface area contributed by atoms with E-state index >= 15 is 0 Å². The van der Waals surface area contributed by atoms with Gasteiger partial charge in [0, 0.05) is 0 Å². The normalized spacial score (nSPS) is 10.1. The molecule has 3 N–H and O–H groups in total. The lowest BCUT2D eigenvalue weighted by atomic mass is 10.2. The number of amides is 1. The van der Waals surface area contributed by atoms with Gasteiger partial charge in [-0.3, -0.25) is 10.2 Å². The summed E-state index contributed by atoms with van der Waals surface area (Å²) in [6, 6.07) is 6.89. The molecule has 0 aliphatic carbocycles. The lowest BCUT2D eigenvalue weighted by Gasteiger charge is -2.10. The molecular formula is C11H13N5O2. The number of hydrazine groups is 1. The van der Waals surface area contributed by atoms with Gasteiger partial charge in [0.25, 0.3) is 5.91 Å². The minimum Gasteiger partial charge on any atom is -0.491 e. The average molecular weight is 247 g/mol. The molecule has 0 radical (unpaired) electrons. The van der Waals surface area contributed by atoms with E-state index in [1.54, 1.807) is 35.3 Å². The van der Waals surface area contributed by atoms with Gasteiger partial charge in [0.2, 0.25) is 0 Å². The maximum Gasteiger partial charge on any atom is 0.268 e. The summed E-state index contributed by atoms with van der Waals surface area (Å²) in [4.78, 5) is 15.3. The highest BCUT2D eigenvalue weighted by Crippen LogP contribution is 2.17. The number of hydrogen-bond acceptors (Lipinski definition) is 5. The Balaban J connectivity index is 1.98. The molecule has 1 amide bonds. The van der Waals surface area contributed by atoms with E-state index in [4.69, 9.17) is 10.6 Å². The van der Waals surface area contributed by atoms with Gasteiger partial charge in [-0.1, -0.05) is 12.1 Å². The topological polar surface area (TPSA) is 95.1 Å². The van der Waals surface area contributed by atoms with Gasteiger partial charge >= 0.3 is 0 Å². The summed E-state index contributed by atoms with van der Waals surface area (Å²) in [6.45, 7) is 0.941. The molecule has 18 heavy (non-hydrogen) atoms. The number of nitrogens with two attached hydrogens (primary N) is 1. The molecule has 7 heteroatoms. The lowest BCUT2D eigenvalue weighted by molar-refractivity contribution is 0.0949. The van der Waals surface area contributed by atoms with Crippen molar-refractivity contribution < 1.29 is 9.53 Å². The third-order valence-corrected chi connectivity index (χ3v) is 2.31. The maximum absolute atomic E-state index is 11.5. The smallest absolute Gasteiger partial charge is 0.268 e. The number of nitrogens with zero attached hydrogens (tertiary/aromatic N) is 3. The van der Waals surface area contributed by atoms with Gasteiger partial charge in [0.15, 0.2) is 0 Å². The molecule has 1 heterocycles. The van der Waals surface area contributed by atoms with Crippen LogP contribution >= 0.6 is 0 Å². The molecular weight excluding hydrogens is 234 g/mol. The van der Waals surface area contributed by atoms with E-state index in [0.29, 0.717) is 24.5 Å². The van der Waals surface area contributed by atoms with Crippen LogP contribution in [-0.2, 0) is 6.54 Å². The number of para-hydroxylation sites is 1. The van der Waals surface area contributed by atoms with Crippen molar-refractivity contribution in [1.82, 2.24) is 20.2 Å². The summed E-state index contributed by atoms with van der Waals surface area (Å²) in [7, 11) is 0. The first-order valence-corrected chi connectivity index (χ1v) is 5.36. The number of nitrogens with one attached hydrogen (secondary N) is 1. The first-order valence-electron chi connectivity index (χ1n) is 5.36. The molecule has 1 aromatic heterocycles. The van der Waals surface area contributed by atoms with Crippen LogP contribution in [0.1, 0.15) is 10.4 Å². The Morgan fingerprint density at radius 1 is 1.44 bits per heavy atom. The van der Waals surface area contributed by atoms with Crippen LogP contribution in [-0.4, -0.2) is 27.3 Å². The van der Waals surface area contributed by atoms with E-state index in [1.807, 2.05) is 0 Å². The predicted molar refractivity (Wildman–Crippen MR) is 63.6 cm³/mol. The van der Waals surface area contributed by atoms with Crippen LogP contribution in [0.4, 0.5) is 0 Å². The van der Waals surface area contributed by atoms with Crippen molar-refractivity contribution >= 4 is 5.91 Å². The van der Waals surface area contributed by atoms with Crippen molar-refractivity contribution in [3.8, 4) is 5.75 Å². The Hall–Kier alpha value is -2.41. The van der Waals surface area contributed by atoms with E-state index in [0.717, 1.165) is 0 Å². The number of benzene rings is 1. The number of carbonyl (C=O) groups excluding carboxylic acids is 1. The molecule has 1 aromatic carbocycles. The molecule has 94 valence electrons. The number of nitrogen functional groups attached to an aromatic ring is 1.